The van der Waals surface area contributed by atoms with E-state index in [4.69, 9.17) is 14.2 Å². The molecule has 0 aliphatic heterocycles. The number of carbonyl (C=O) groups is 2. The minimum Gasteiger partial charge on any atom is -0.497 e. The summed E-state index contributed by atoms with van der Waals surface area (Å²) in [4.78, 5) is 23.0. The molecular formula is C18H25NO5. The van der Waals surface area contributed by atoms with Crippen molar-refractivity contribution in [2.24, 2.45) is 0 Å². The highest BCUT2D eigenvalue weighted by atomic mass is 16.6. The molecule has 0 bridgehead atoms. The molecule has 0 unspecified atom stereocenters. The molecule has 0 saturated carbocycles. The number of alkyl carbamates (subject to hydrolysis) is 1. The normalized spacial score (nSPS) is 11.2. The molecule has 0 atom stereocenters. The van der Waals surface area contributed by atoms with E-state index in [1.807, 2.05) is 24.3 Å². The summed E-state index contributed by atoms with van der Waals surface area (Å²) < 4.78 is 15.2. The topological polar surface area (TPSA) is 73.9 Å². The molecule has 1 aromatic rings. The summed E-state index contributed by atoms with van der Waals surface area (Å²) in [5.74, 6) is 0.329. The van der Waals surface area contributed by atoms with E-state index in [-0.39, 0.29) is 6.61 Å². The Kier molecular flexibility index (Phi) is 7.82. The van der Waals surface area contributed by atoms with Crippen LogP contribution in [-0.2, 0) is 14.3 Å². The van der Waals surface area contributed by atoms with Gasteiger partial charge in [-0.15, -0.1) is 0 Å². The van der Waals surface area contributed by atoms with Crippen molar-refractivity contribution in [2.45, 2.75) is 32.8 Å². The number of carbonyl (C=O) groups excluding carboxylic acids is 2. The van der Waals surface area contributed by atoms with Gasteiger partial charge in [-0.2, -0.15) is 0 Å². The van der Waals surface area contributed by atoms with Crippen molar-refractivity contribution in [2.75, 3.05) is 20.3 Å². The van der Waals surface area contributed by atoms with E-state index in [1.54, 1.807) is 34.0 Å². The van der Waals surface area contributed by atoms with Gasteiger partial charge in [0.2, 0.25) is 0 Å². The first-order valence-corrected chi connectivity index (χ1v) is 7.76. The van der Waals surface area contributed by atoms with Crippen LogP contribution in [0.4, 0.5) is 4.79 Å². The maximum absolute atomic E-state index is 11.6. The first-order chi connectivity index (χ1) is 11.3. The van der Waals surface area contributed by atoms with Crippen LogP contribution in [0.25, 0.3) is 6.08 Å². The minimum atomic E-state index is -0.525. The van der Waals surface area contributed by atoms with E-state index >= 15 is 0 Å². The van der Waals surface area contributed by atoms with Crippen LogP contribution in [0.5, 0.6) is 5.75 Å². The summed E-state index contributed by atoms with van der Waals surface area (Å²) in [6.45, 7) is 5.99. The van der Waals surface area contributed by atoms with Crippen molar-refractivity contribution in [3.63, 3.8) is 0 Å². The lowest BCUT2D eigenvalue weighted by Gasteiger charge is -2.19. The molecule has 6 nitrogen and oxygen atoms in total. The minimum absolute atomic E-state index is 0.224. The van der Waals surface area contributed by atoms with Crippen molar-refractivity contribution < 1.29 is 23.8 Å². The third kappa shape index (κ3) is 8.82. The van der Waals surface area contributed by atoms with Crippen LogP contribution in [0, 0.1) is 0 Å². The van der Waals surface area contributed by atoms with Crippen LogP contribution < -0.4 is 10.1 Å². The lowest BCUT2D eigenvalue weighted by molar-refractivity contribution is -0.137. The maximum atomic E-state index is 11.6. The lowest BCUT2D eigenvalue weighted by atomic mass is 10.2. The Morgan fingerprint density at radius 3 is 2.42 bits per heavy atom. The van der Waals surface area contributed by atoms with E-state index in [1.165, 1.54) is 6.08 Å². The molecule has 1 rings (SSSR count). The van der Waals surface area contributed by atoms with Crippen molar-refractivity contribution in [3.05, 3.63) is 35.9 Å². The van der Waals surface area contributed by atoms with Gasteiger partial charge < -0.3 is 19.5 Å². The van der Waals surface area contributed by atoms with Gasteiger partial charge in [-0.3, -0.25) is 0 Å². The molecule has 1 N–H and O–H groups in total. The molecule has 0 heterocycles. The highest BCUT2D eigenvalue weighted by Gasteiger charge is 2.15. The number of esters is 1. The SMILES string of the molecule is COc1ccc(/C=C/C(=O)OCCCNC(=O)OC(C)(C)C)cc1. The Morgan fingerprint density at radius 1 is 1.17 bits per heavy atom. The summed E-state index contributed by atoms with van der Waals surface area (Å²) in [6, 6.07) is 7.31. The second kappa shape index (κ2) is 9.60. The quantitative estimate of drug-likeness (QED) is 0.471. The van der Waals surface area contributed by atoms with Crippen LogP contribution in [0.2, 0.25) is 0 Å². The number of hydrogen-bond donors (Lipinski definition) is 1. The molecule has 0 aliphatic rings. The zero-order valence-electron chi connectivity index (χ0n) is 14.6. The van der Waals surface area contributed by atoms with Gasteiger partial charge in [0.1, 0.15) is 11.4 Å². The average molecular weight is 335 g/mol. The molecular weight excluding hydrogens is 310 g/mol. The van der Waals surface area contributed by atoms with Crippen LogP contribution in [0.3, 0.4) is 0 Å². The number of rotatable bonds is 7. The number of benzene rings is 1. The number of methoxy groups -OCH3 is 1. The van der Waals surface area contributed by atoms with Gasteiger partial charge in [0.15, 0.2) is 0 Å². The molecule has 0 aromatic heterocycles. The molecule has 1 amide bonds. The van der Waals surface area contributed by atoms with Crippen molar-refractivity contribution in [1.29, 1.82) is 0 Å². The molecule has 132 valence electrons. The van der Waals surface area contributed by atoms with Gasteiger partial charge in [-0.1, -0.05) is 12.1 Å². The Balaban J connectivity index is 2.19. The number of amides is 1. The summed E-state index contributed by atoms with van der Waals surface area (Å²) in [5.41, 5.74) is 0.349. The number of ether oxygens (including phenoxy) is 3. The fourth-order valence-electron chi connectivity index (χ4n) is 1.68. The fraction of sp³-hybridized carbons (Fsp3) is 0.444. The molecule has 0 fully saturated rings. The van der Waals surface area contributed by atoms with Gasteiger partial charge in [-0.05, 0) is 51.0 Å². The zero-order valence-corrected chi connectivity index (χ0v) is 14.6. The van der Waals surface area contributed by atoms with Crippen LogP contribution in [0.1, 0.15) is 32.8 Å². The fourth-order valence-corrected chi connectivity index (χ4v) is 1.68. The molecule has 0 aliphatic carbocycles. The second-order valence-electron chi connectivity index (χ2n) is 6.06. The smallest absolute Gasteiger partial charge is 0.407 e. The maximum Gasteiger partial charge on any atom is 0.407 e. The largest absolute Gasteiger partial charge is 0.497 e. The molecule has 24 heavy (non-hydrogen) atoms. The highest BCUT2D eigenvalue weighted by molar-refractivity contribution is 5.87. The van der Waals surface area contributed by atoms with Crippen LogP contribution in [-0.4, -0.2) is 37.9 Å². The Hall–Kier alpha value is -2.50. The summed E-state index contributed by atoms with van der Waals surface area (Å²) in [6.07, 6.45) is 3.07. The van der Waals surface area contributed by atoms with Gasteiger partial charge in [0.25, 0.3) is 0 Å². The Bertz CT molecular complexity index is 558. The van der Waals surface area contributed by atoms with Gasteiger partial charge >= 0.3 is 12.1 Å². The second-order valence-corrected chi connectivity index (χ2v) is 6.06. The van der Waals surface area contributed by atoms with Gasteiger partial charge in [0.05, 0.1) is 13.7 Å². The van der Waals surface area contributed by atoms with Gasteiger partial charge in [-0.25, -0.2) is 9.59 Å². The average Bonchev–Trinajstić information content (AvgIpc) is 2.51. The van der Waals surface area contributed by atoms with E-state index in [0.717, 1.165) is 11.3 Å². The third-order valence-electron chi connectivity index (χ3n) is 2.76. The van der Waals surface area contributed by atoms with Crippen molar-refractivity contribution in [3.8, 4) is 5.75 Å². The summed E-state index contributed by atoms with van der Waals surface area (Å²) in [7, 11) is 1.60. The zero-order chi connectivity index (χ0) is 18.0. The van der Waals surface area contributed by atoms with E-state index in [0.29, 0.717) is 13.0 Å². The molecule has 0 radical (unpaired) electrons. The standard InChI is InChI=1S/C18H25NO5/c1-18(2,3)24-17(21)19-12-5-13-23-16(20)11-8-14-6-9-15(22-4)10-7-14/h6-11H,5,12-13H2,1-4H3,(H,19,21)/b11-8+. The first-order valence-electron chi connectivity index (χ1n) is 7.76. The van der Waals surface area contributed by atoms with E-state index in [2.05, 4.69) is 5.32 Å². The molecule has 6 heteroatoms. The molecule has 0 spiro atoms. The Labute approximate surface area is 142 Å². The number of nitrogens with one attached hydrogen (secondary N) is 1. The lowest BCUT2D eigenvalue weighted by Crippen LogP contribution is -2.33. The predicted octanol–water partition coefficient (Wildman–Crippen LogP) is 3.17. The van der Waals surface area contributed by atoms with E-state index in [9.17, 15) is 9.59 Å². The molecule has 1 aromatic carbocycles. The summed E-state index contributed by atoms with van der Waals surface area (Å²) >= 11 is 0. The van der Waals surface area contributed by atoms with E-state index < -0.39 is 17.7 Å². The van der Waals surface area contributed by atoms with Crippen LogP contribution >= 0.6 is 0 Å². The van der Waals surface area contributed by atoms with Gasteiger partial charge in [0, 0.05) is 12.6 Å². The van der Waals surface area contributed by atoms with Crippen molar-refractivity contribution in [1.82, 2.24) is 5.32 Å². The molecule has 0 saturated heterocycles. The predicted molar refractivity (Wildman–Crippen MR) is 91.8 cm³/mol. The highest BCUT2D eigenvalue weighted by Crippen LogP contribution is 2.12. The van der Waals surface area contributed by atoms with Crippen molar-refractivity contribution >= 4 is 18.1 Å². The third-order valence-corrected chi connectivity index (χ3v) is 2.76. The van der Waals surface area contributed by atoms with Crippen LogP contribution in [0.15, 0.2) is 30.3 Å². The monoisotopic (exact) mass is 335 g/mol. The Morgan fingerprint density at radius 2 is 1.83 bits per heavy atom. The first kappa shape index (κ1) is 19.5. The number of hydrogen-bond acceptors (Lipinski definition) is 5. The summed E-state index contributed by atoms with van der Waals surface area (Å²) in [5, 5.41) is 2.60.